The number of hydrogen-bond acceptors (Lipinski definition) is 2. The highest BCUT2D eigenvalue weighted by molar-refractivity contribution is 5.66. The second kappa shape index (κ2) is 5.25. The molecule has 0 aliphatic rings. The molecule has 0 bridgehead atoms. The molecule has 0 radical (unpaired) electrons. The average molecular weight is 294 g/mol. The molecule has 114 valence electrons. The molecule has 1 N–H and O–H groups in total. The van der Waals surface area contributed by atoms with Crippen molar-refractivity contribution in [1.82, 2.24) is 9.38 Å². The van der Waals surface area contributed by atoms with Crippen molar-refractivity contribution in [3.05, 3.63) is 59.9 Å². The molecule has 3 heteroatoms. The summed E-state index contributed by atoms with van der Waals surface area (Å²) in [7, 11) is 0. The van der Waals surface area contributed by atoms with Gasteiger partial charge in [0.25, 0.3) is 0 Å². The summed E-state index contributed by atoms with van der Waals surface area (Å²) in [5.74, 6) is 0.869. The molecule has 0 amide bonds. The molecule has 3 nitrogen and oxygen atoms in total. The van der Waals surface area contributed by atoms with Gasteiger partial charge in [-0.1, -0.05) is 56.7 Å². The smallest absolute Gasteiger partial charge is 0.144 e. The first-order valence-corrected chi connectivity index (χ1v) is 7.60. The summed E-state index contributed by atoms with van der Waals surface area (Å²) in [4.78, 5) is 4.77. The van der Waals surface area contributed by atoms with Crippen molar-refractivity contribution in [3.63, 3.8) is 0 Å². The summed E-state index contributed by atoms with van der Waals surface area (Å²) in [6, 6.07) is 14.3. The number of hydrogen-bond donors (Lipinski definition) is 1. The largest absolute Gasteiger partial charge is 0.386 e. The second-order valence-corrected chi connectivity index (χ2v) is 6.91. The highest BCUT2D eigenvalue weighted by Gasteiger charge is 2.28. The molecule has 0 fully saturated rings. The zero-order valence-electron chi connectivity index (χ0n) is 13.5. The van der Waals surface area contributed by atoms with E-state index >= 15 is 0 Å². The van der Waals surface area contributed by atoms with Crippen LogP contribution in [0.25, 0.3) is 16.9 Å². The molecule has 0 saturated heterocycles. The van der Waals surface area contributed by atoms with Gasteiger partial charge < -0.3 is 5.11 Å². The van der Waals surface area contributed by atoms with Gasteiger partial charge in [0, 0.05) is 11.8 Å². The van der Waals surface area contributed by atoms with Gasteiger partial charge in [-0.25, -0.2) is 4.98 Å². The van der Waals surface area contributed by atoms with Crippen LogP contribution in [0, 0.1) is 12.3 Å². The Kier molecular flexibility index (Phi) is 3.53. The molecule has 0 aliphatic carbocycles. The van der Waals surface area contributed by atoms with Crippen LogP contribution in [0.3, 0.4) is 0 Å². The van der Waals surface area contributed by atoms with Crippen LogP contribution in [0.2, 0.25) is 0 Å². The topological polar surface area (TPSA) is 37.5 Å². The molecule has 0 spiro atoms. The average Bonchev–Trinajstić information content (AvgIpc) is 2.86. The summed E-state index contributed by atoms with van der Waals surface area (Å²) in [6.07, 6.45) is 1.39. The lowest BCUT2D eigenvalue weighted by Gasteiger charge is -2.24. The fraction of sp³-hybridized carbons (Fsp3) is 0.316. The molecule has 0 aliphatic heterocycles. The normalized spacial score (nSPS) is 13.5. The molecule has 2 heterocycles. The molecule has 22 heavy (non-hydrogen) atoms. The number of aryl methyl sites for hydroxylation is 1. The third kappa shape index (κ3) is 2.53. The van der Waals surface area contributed by atoms with Crippen LogP contribution in [0.1, 0.15) is 38.1 Å². The summed E-state index contributed by atoms with van der Waals surface area (Å²) >= 11 is 0. The third-order valence-electron chi connectivity index (χ3n) is 3.97. The van der Waals surface area contributed by atoms with E-state index in [1.807, 2.05) is 45.2 Å². The minimum Gasteiger partial charge on any atom is -0.386 e. The fourth-order valence-corrected chi connectivity index (χ4v) is 2.58. The number of nitrogens with zero attached hydrogens (tertiary/aromatic N) is 2. The summed E-state index contributed by atoms with van der Waals surface area (Å²) in [6.45, 7) is 8.15. The van der Waals surface area contributed by atoms with E-state index in [-0.39, 0.29) is 5.41 Å². The lowest BCUT2D eigenvalue weighted by Crippen LogP contribution is -2.18. The van der Waals surface area contributed by atoms with Crippen molar-refractivity contribution in [2.24, 2.45) is 5.41 Å². The standard InChI is InChI=1S/C19H22N2O/c1-13-8-10-14(11-9-13)18-20-16(17(22)19(2,3)4)15-7-5-6-12-21(15)18/h5-12,17,22H,1-4H3. The van der Waals surface area contributed by atoms with Gasteiger partial charge in [-0.05, 0) is 24.5 Å². The Bertz CT molecular complexity index is 794. The van der Waals surface area contributed by atoms with E-state index in [4.69, 9.17) is 4.98 Å². The van der Waals surface area contributed by atoms with Crippen LogP contribution < -0.4 is 0 Å². The van der Waals surface area contributed by atoms with Gasteiger partial charge in [0.2, 0.25) is 0 Å². The van der Waals surface area contributed by atoms with Crippen molar-refractivity contribution >= 4 is 5.52 Å². The van der Waals surface area contributed by atoms with E-state index in [0.29, 0.717) is 0 Å². The molecule has 2 aromatic heterocycles. The van der Waals surface area contributed by atoms with Crippen LogP contribution in [0.4, 0.5) is 0 Å². The van der Waals surface area contributed by atoms with E-state index in [9.17, 15) is 5.11 Å². The molecule has 1 atom stereocenters. The first-order chi connectivity index (χ1) is 10.4. The molecular formula is C19H22N2O. The molecule has 1 unspecified atom stereocenters. The number of benzene rings is 1. The first-order valence-electron chi connectivity index (χ1n) is 7.60. The van der Waals surface area contributed by atoms with Gasteiger partial charge in [0.1, 0.15) is 11.9 Å². The SMILES string of the molecule is Cc1ccc(-c2nc(C(O)C(C)(C)C)c3ccccn23)cc1. The van der Waals surface area contributed by atoms with Crippen molar-refractivity contribution in [2.45, 2.75) is 33.8 Å². The van der Waals surface area contributed by atoms with Gasteiger partial charge in [0.05, 0.1) is 11.2 Å². The van der Waals surface area contributed by atoms with Gasteiger partial charge in [-0.2, -0.15) is 0 Å². The van der Waals surface area contributed by atoms with Gasteiger partial charge in [0.15, 0.2) is 0 Å². The lowest BCUT2D eigenvalue weighted by atomic mass is 9.87. The lowest BCUT2D eigenvalue weighted by molar-refractivity contribution is 0.0606. The molecular weight excluding hydrogens is 272 g/mol. The number of pyridine rings is 1. The van der Waals surface area contributed by atoms with Crippen molar-refractivity contribution in [3.8, 4) is 11.4 Å². The maximum Gasteiger partial charge on any atom is 0.144 e. The summed E-state index contributed by atoms with van der Waals surface area (Å²) in [5.41, 5.74) is 3.72. The maximum atomic E-state index is 10.7. The number of imidazole rings is 1. The van der Waals surface area contributed by atoms with Crippen LogP contribution in [0.15, 0.2) is 48.7 Å². The van der Waals surface area contributed by atoms with Crippen LogP contribution in [0.5, 0.6) is 0 Å². The third-order valence-corrected chi connectivity index (χ3v) is 3.97. The number of aromatic nitrogens is 2. The molecule has 3 aromatic rings. The summed E-state index contributed by atoms with van der Waals surface area (Å²) in [5, 5.41) is 10.7. The van der Waals surface area contributed by atoms with E-state index in [2.05, 4.69) is 35.6 Å². The number of fused-ring (bicyclic) bond motifs is 1. The summed E-state index contributed by atoms with van der Waals surface area (Å²) < 4.78 is 2.05. The van der Waals surface area contributed by atoms with Crippen LogP contribution >= 0.6 is 0 Å². The van der Waals surface area contributed by atoms with Gasteiger partial charge in [-0.15, -0.1) is 0 Å². The highest BCUT2D eigenvalue weighted by Crippen LogP contribution is 2.36. The maximum absolute atomic E-state index is 10.7. The second-order valence-electron chi connectivity index (χ2n) is 6.91. The number of aliphatic hydroxyl groups excluding tert-OH is 1. The molecule has 0 saturated carbocycles. The first kappa shape index (κ1) is 14.8. The number of aliphatic hydroxyl groups is 1. The fourth-order valence-electron chi connectivity index (χ4n) is 2.58. The van der Waals surface area contributed by atoms with E-state index < -0.39 is 6.10 Å². The Morgan fingerprint density at radius 1 is 1.05 bits per heavy atom. The Hall–Kier alpha value is -2.13. The van der Waals surface area contributed by atoms with E-state index in [0.717, 1.165) is 22.6 Å². The van der Waals surface area contributed by atoms with E-state index in [1.165, 1.54) is 5.56 Å². The Morgan fingerprint density at radius 2 is 1.73 bits per heavy atom. The zero-order chi connectivity index (χ0) is 15.9. The quantitative estimate of drug-likeness (QED) is 0.761. The minimum absolute atomic E-state index is 0.255. The van der Waals surface area contributed by atoms with Gasteiger partial charge in [-0.3, -0.25) is 4.40 Å². The van der Waals surface area contributed by atoms with E-state index in [1.54, 1.807) is 0 Å². The van der Waals surface area contributed by atoms with Crippen molar-refractivity contribution < 1.29 is 5.11 Å². The van der Waals surface area contributed by atoms with Crippen LogP contribution in [-0.2, 0) is 0 Å². The van der Waals surface area contributed by atoms with Crippen molar-refractivity contribution in [2.75, 3.05) is 0 Å². The molecule has 1 aromatic carbocycles. The predicted octanol–water partition coefficient (Wildman–Crippen LogP) is 4.39. The number of rotatable bonds is 2. The monoisotopic (exact) mass is 294 g/mol. The Labute approximate surface area is 131 Å². The van der Waals surface area contributed by atoms with Gasteiger partial charge >= 0.3 is 0 Å². The minimum atomic E-state index is -0.607. The Balaban J connectivity index is 2.22. The zero-order valence-corrected chi connectivity index (χ0v) is 13.5. The highest BCUT2D eigenvalue weighted by atomic mass is 16.3. The van der Waals surface area contributed by atoms with Crippen LogP contribution in [-0.4, -0.2) is 14.5 Å². The van der Waals surface area contributed by atoms with Crippen molar-refractivity contribution in [1.29, 1.82) is 0 Å². The predicted molar refractivity (Wildman–Crippen MR) is 89.8 cm³/mol. The molecule has 3 rings (SSSR count). The Morgan fingerprint density at radius 3 is 2.36 bits per heavy atom.